The number of carbonyl (C=O) groups is 1. The van der Waals surface area contributed by atoms with Crippen LogP contribution in [0.15, 0.2) is 17.5 Å². The van der Waals surface area contributed by atoms with Gasteiger partial charge in [0.2, 0.25) is 0 Å². The van der Waals surface area contributed by atoms with E-state index in [1.54, 1.807) is 11.3 Å². The molecule has 1 aromatic rings. The molecule has 0 spiro atoms. The van der Waals surface area contributed by atoms with E-state index in [1.165, 1.54) is 12.8 Å². The Morgan fingerprint density at radius 2 is 2.00 bits per heavy atom. The summed E-state index contributed by atoms with van der Waals surface area (Å²) in [6.45, 7) is 4.60. The van der Waals surface area contributed by atoms with E-state index in [9.17, 15) is 4.79 Å². The Labute approximate surface area is 102 Å². The molecule has 0 bridgehead atoms. The zero-order valence-electron chi connectivity index (χ0n) is 10.1. The molecule has 1 saturated carbocycles. The van der Waals surface area contributed by atoms with Gasteiger partial charge in [0, 0.05) is 5.92 Å². The normalized spacial score (nSPS) is 25.9. The molecule has 0 unspecified atom stereocenters. The van der Waals surface area contributed by atoms with Crippen LogP contribution >= 0.6 is 11.3 Å². The van der Waals surface area contributed by atoms with Gasteiger partial charge in [0.1, 0.15) is 0 Å². The number of ketones is 1. The van der Waals surface area contributed by atoms with Crippen molar-refractivity contribution in [2.45, 2.75) is 39.5 Å². The summed E-state index contributed by atoms with van der Waals surface area (Å²) in [5.41, 5.74) is 0. The molecule has 1 nitrogen and oxygen atoms in total. The highest BCUT2D eigenvalue weighted by Gasteiger charge is 2.28. The van der Waals surface area contributed by atoms with E-state index in [-0.39, 0.29) is 0 Å². The van der Waals surface area contributed by atoms with Crippen LogP contribution < -0.4 is 0 Å². The lowest BCUT2D eigenvalue weighted by molar-refractivity contribution is 0.0863. The summed E-state index contributed by atoms with van der Waals surface area (Å²) in [4.78, 5) is 13.1. The van der Waals surface area contributed by atoms with Crippen LogP contribution in [0.4, 0.5) is 0 Å². The third-order valence-electron chi connectivity index (χ3n) is 3.85. The third kappa shape index (κ3) is 2.54. The number of carbonyl (C=O) groups excluding carboxylic acids is 1. The van der Waals surface area contributed by atoms with Crippen LogP contribution in [0.3, 0.4) is 0 Å². The van der Waals surface area contributed by atoms with Crippen LogP contribution in [-0.2, 0) is 0 Å². The van der Waals surface area contributed by atoms with Gasteiger partial charge >= 0.3 is 0 Å². The second kappa shape index (κ2) is 5.13. The monoisotopic (exact) mass is 236 g/mol. The van der Waals surface area contributed by atoms with Crippen LogP contribution in [0.25, 0.3) is 0 Å². The van der Waals surface area contributed by atoms with E-state index < -0.39 is 0 Å². The van der Waals surface area contributed by atoms with E-state index in [0.29, 0.717) is 11.7 Å². The third-order valence-corrected chi connectivity index (χ3v) is 4.73. The van der Waals surface area contributed by atoms with Crippen molar-refractivity contribution in [1.29, 1.82) is 0 Å². The second-order valence-electron chi connectivity index (χ2n) is 5.20. The Balaban J connectivity index is 1.92. The van der Waals surface area contributed by atoms with Crippen molar-refractivity contribution in [3.05, 3.63) is 22.4 Å². The molecule has 88 valence electrons. The molecule has 2 rings (SSSR count). The molecule has 0 aliphatic heterocycles. The quantitative estimate of drug-likeness (QED) is 0.711. The van der Waals surface area contributed by atoms with E-state index in [0.717, 1.165) is 29.6 Å². The van der Waals surface area contributed by atoms with Crippen LogP contribution in [0, 0.1) is 17.8 Å². The van der Waals surface area contributed by atoms with Crippen LogP contribution in [0.1, 0.15) is 49.2 Å². The molecule has 1 aliphatic carbocycles. The summed E-state index contributed by atoms with van der Waals surface area (Å²) in [5.74, 6) is 2.30. The summed E-state index contributed by atoms with van der Waals surface area (Å²) < 4.78 is 0. The molecule has 0 saturated heterocycles. The van der Waals surface area contributed by atoms with Gasteiger partial charge in [-0.3, -0.25) is 4.79 Å². The van der Waals surface area contributed by atoms with Gasteiger partial charge in [-0.1, -0.05) is 19.9 Å². The first kappa shape index (κ1) is 11.8. The Bertz CT molecular complexity index is 332. The van der Waals surface area contributed by atoms with E-state index >= 15 is 0 Å². The van der Waals surface area contributed by atoms with E-state index in [2.05, 4.69) is 13.8 Å². The summed E-state index contributed by atoms with van der Waals surface area (Å²) >= 11 is 1.58. The molecular formula is C14H20OS. The molecule has 16 heavy (non-hydrogen) atoms. The van der Waals surface area contributed by atoms with Crippen LogP contribution in [-0.4, -0.2) is 5.78 Å². The van der Waals surface area contributed by atoms with Gasteiger partial charge in [-0.15, -0.1) is 11.3 Å². The number of Topliss-reactive ketones (excluding diaryl/α,β-unsaturated/α-hetero) is 1. The van der Waals surface area contributed by atoms with Crippen molar-refractivity contribution in [2.75, 3.05) is 0 Å². The van der Waals surface area contributed by atoms with Gasteiger partial charge in [0.05, 0.1) is 4.88 Å². The summed E-state index contributed by atoms with van der Waals surface area (Å²) in [6.07, 6.45) is 4.66. The highest BCUT2D eigenvalue weighted by atomic mass is 32.1. The Kier molecular flexibility index (Phi) is 3.80. The van der Waals surface area contributed by atoms with Gasteiger partial charge in [0.25, 0.3) is 0 Å². The molecule has 1 aliphatic rings. The molecule has 0 N–H and O–H groups in total. The second-order valence-corrected chi connectivity index (χ2v) is 6.14. The van der Waals surface area contributed by atoms with Crippen LogP contribution in [0.2, 0.25) is 0 Å². The predicted molar refractivity (Wildman–Crippen MR) is 68.9 cm³/mol. The summed E-state index contributed by atoms with van der Waals surface area (Å²) in [5, 5.41) is 1.99. The molecule has 1 aromatic heterocycles. The molecule has 1 fully saturated rings. The molecule has 1 heterocycles. The Morgan fingerprint density at radius 1 is 1.31 bits per heavy atom. The number of thiophene rings is 1. The highest BCUT2D eigenvalue weighted by molar-refractivity contribution is 7.12. The summed E-state index contributed by atoms with van der Waals surface area (Å²) in [7, 11) is 0. The molecule has 0 atom stereocenters. The van der Waals surface area contributed by atoms with Crippen LogP contribution in [0.5, 0.6) is 0 Å². The first-order valence-electron chi connectivity index (χ1n) is 6.26. The minimum absolute atomic E-state index is 0.300. The number of rotatable bonds is 3. The van der Waals surface area contributed by atoms with Crippen molar-refractivity contribution in [2.24, 2.45) is 17.8 Å². The number of hydrogen-bond acceptors (Lipinski definition) is 2. The molecule has 0 amide bonds. The molecule has 0 aromatic carbocycles. The van der Waals surface area contributed by atoms with E-state index in [1.807, 2.05) is 17.5 Å². The lowest BCUT2D eigenvalue weighted by atomic mass is 9.75. The lowest BCUT2D eigenvalue weighted by Gasteiger charge is -2.29. The largest absolute Gasteiger partial charge is 0.293 e. The molecule has 2 heteroatoms. The maximum Gasteiger partial charge on any atom is 0.175 e. The molecule has 0 radical (unpaired) electrons. The van der Waals surface area contributed by atoms with Gasteiger partial charge in [-0.25, -0.2) is 0 Å². The molecular weight excluding hydrogens is 216 g/mol. The average molecular weight is 236 g/mol. The average Bonchev–Trinajstić information content (AvgIpc) is 2.81. The fourth-order valence-electron chi connectivity index (χ4n) is 2.67. The summed E-state index contributed by atoms with van der Waals surface area (Å²) in [6, 6.07) is 3.93. The SMILES string of the molecule is CC(C)C1CCC(C(=O)c2cccs2)CC1. The van der Waals surface area contributed by atoms with Crippen molar-refractivity contribution in [3.63, 3.8) is 0 Å². The van der Waals surface area contributed by atoms with Gasteiger partial charge in [-0.2, -0.15) is 0 Å². The fourth-order valence-corrected chi connectivity index (χ4v) is 3.41. The maximum atomic E-state index is 12.1. The van der Waals surface area contributed by atoms with E-state index in [4.69, 9.17) is 0 Å². The first-order valence-corrected chi connectivity index (χ1v) is 7.14. The zero-order valence-corrected chi connectivity index (χ0v) is 10.9. The Hall–Kier alpha value is -0.630. The zero-order chi connectivity index (χ0) is 11.5. The minimum atomic E-state index is 0.300. The fraction of sp³-hybridized carbons (Fsp3) is 0.643. The van der Waals surface area contributed by atoms with Gasteiger partial charge in [0.15, 0.2) is 5.78 Å². The topological polar surface area (TPSA) is 17.1 Å². The van der Waals surface area contributed by atoms with Crippen molar-refractivity contribution >= 4 is 17.1 Å². The van der Waals surface area contributed by atoms with Crippen molar-refractivity contribution < 1.29 is 4.79 Å². The Morgan fingerprint density at radius 3 is 2.50 bits per heavy atom. The highest BCUT2D eigenvalue weighted by Crippen LogP contribution is 2.35. The first-order chi connectivity index (χ1) is 7.68. The van der Waals surface area contributed by atoms with Crippen molar-refractivity contribution in [1.82, 2.24) is 0 Å². The lowest BCUT2D eigenvalue weighted by Crippen LogP contribution is -2.23. The number of hydrogen-bond donors (Lipinski definition) is 0. The standard InChI is InChI=1S/C14H20OS/c1-10(2)11-5-7-12(8-6-11)14(15)13-4-3-9-16-13/h3-4,9-12H,5-8H2,1-2H3. The van der Waals surface area contributed by atoms with Gasteiger partial charge < -0.3 is 0 Å². The predicted octanol–water partition coefficient (Wildman–Crippen LogP) is 4.39. The van der Waals surface area contributed by atoms with Crippen molar-refractivity contribution in [3.8, 4) is 0 Å². The minimum Gasteiger partial charge on any atom is -0.293 e. The van der Waals surface area contributed by atoms with Gasteiger partial charge in [-0.05, 0) is 49.0 Å². The smallest absolute Gasteiger partial charge is 0.175 e. The maximum absolute atomic E-state index is 12.1.